The number of thioether (sulfide) groups is 1. The van der Waals surface area contributed by atoms with Gasteiger partial charge in [0.1, 0.15) is 0 Å². The summed E-state index contributed by atoms with van der Waals surface area (Å²) in [5.41, 5.74) is 0.727. The van der Waals surface area contributed by atoms with E-state index in [1.807, 2.05) is 18.2 Å². The molecule has 0 unspecified atom stereocenters. The van der Waals surface area contributed by atoms with Crippen LogP contribution in [0.4, 0.5) is 5.69 Å². The molecule has 0 spiro atoms. The summed E-state index contributed by atoms with van der Waals surface area (Å²) in [6, 6.07) is 10.7. The zero-order valence-corrected chi connectivity index (χ0v) is 16.7. The summed E-state index contributed by atoms with van der Waals surface area (Å²) < 4.78 is 5.06. The van der Waals surface area contributed by atoms with Gasteiger partial charge in [0.25, 0.3) is 0 Å². The maximum absolute atomic E-state index is 12.2. The zero-order valence-electron chi connectivity index (χ0n) is 15.0. The molecule has 2 heterocycles. The Morgan fingerprint density at radius 3 is 2.75 bits per heavy atom. The summed E-state index contributed by atoms with van der Waals surface area (Å²) in [4.78, 5) is 49.5. The average Bonchev–Trinajstić information content (AvgIpc) is 3.14. The van der Waals surface area contributed by atoms with Crippen LogP contribution in [0.3, 0.4) is 0 Å². The second-order valence-electron chi connectivity index (χ2n) is 6.06. The fraction of sp³-hybridized carbons (Fsp3) is 0.263. The Bertz CT molecular complexity index is 925. The molecular formula is C19H18N2O5S2. The average molecular weight is 418 g/mol. The third kappa shape index (κ3) is 5.20. The smallest absolute Gasteiger partial charge is 0.307 e. The number of para-hydroxylation sites is 1. The van der Waals surface area contributed by atoms with Gasteiger partial charge in [0.15, 0.2) is 6.61 Å². The molecule has 0 bridgehead atoms. The highest BCUT2D eigenvalue weighted by molar-refractivity contribution is 8.01. The molecule has 9 heteroatoms. The Balaban J connectivity index is 1.48. The van der Waals surface area contributed by atoms with Crippen molar-refractivity contribution in [3.8, 4) is 0 Å². The van der Waals surface area contributed by atoms with Crippen LogP contribution in [0.25, 0.3) is 0 Å². The van der Waals surface area contributed by atoms with Gasteiger partial charge in [0.2, 0.25) is 17.6 Å². The Morgan fingerprint density at radius 1 is 1.18 bits per heavy atom. The minimum atomic E-state index is -0.601. The Kier molecular flexibility index (Phi) is 6.48. The fourth-order valence-corrected chi connectivity index (χ4v) is 4.46. The number of esters is 1. The van der Waals surface area contributed by atoms with Crippen molar-refractivity contribution in [2.75, 3.05) is 11.9 Å². The molecular weight excluding hydrogens is 400 g/mol. The molecule has 2 amide bonds. The van der Waals surface area contributed by atoms with E-state index in [9.17, 15) is 19.2 Å². The van der Waals surface area contributed by atoms with Gasteiger partial charge in [-0.3, -0.25) is 19.2 Å². The number of ketones is 1. The summed E-state index contributed by atoms with van der Waals surface area (Å²) in [5, 5.41) is 4.83. The van der Waals surface area contributed by atoms with Crippen molar-refractivity contribution in [3.63, 3.8) is 0 Å². The molecule has 146 valence electrons. The number of anilines is 1. The lowest BCUT2D eigenvalue weighted by Gasteiger charge is -2.23. The van der Waals surface area contributed by atoms with Crippen LogP contribution in [0.2, 0.25) is 0 Å². The van der Waals surface area contributed by atoms with E-state index in [0.29, 0.717) is 11.4 Å². The van der Waals surface area contributed by atoms with Gasteiger partial charge >= 0.3 is 5.97 Å². The molecule has 3 rings (SSSR count). The number of nitrogens with one attached hydrogen (secondary N) is 2. The molecule has 1 aliphatic heterocycles. The van der Waals surface area contributed by atoms with E-state index in [2.05, 4.69) is 10.6 Å². The number of thiophene rings is 1. The van der Waals surface area contributed by atoms with Gasteiger partial charge in [0, 0.05) is 16.7 Å². The first-order valence-corrected chi connectivity index (χ1v) is 10.2. The Hall–Kier alpha value is -2.65. The van der Waals surface area contributed by atoms with Gasteiger partial charge in [-0.25, -0.2) is 0 Å². The molecule has 28 heavy (non-hydrogen) atoms. The molecule has 2 aromatic rings. The number of fused-ring (bicyclic) bond motifs is 1. The van der Waals surface area contributed by atoms with Crippen LogP contribution in [-0.2, 0) is 25.7 Å². The van der Waals surface area contributed by atoms with Gasteiger partial charge in [-0.2, -0.15) is 0 Å². The number of Topliss-reactive ketones (excluding diaryl/α,β-unsaturated/α-hetero) is 1. The number of carbonyl (C=O) groups is 4. The lowest BCUT2D eigenvalue weighted by Crippen LogP contribution is -2.31. The first kappa shape index (κ1) is 20.1. The fourth-order valence-electron chi connectivity index (χ4n) is 2.49. The van der Waals surface area contributed by atoms with Crippen LogP contribution in [0.15, 0.2) is 41.3 Å². The van der Waals surface area contributed by atoms with E-state index < -0.39 is 11.2 Å². The second kappa shape index (κ2) is 9.03. The highest BCUT2D eigenvalue weighted by atomic mass is 32.2. The van der Waals surface area contributed by atoms with Gasteiger partial charge in [-0.05, 0) is 24.3 Å². The zero-order chi connectivity index (χ0) is 20.1. The number of carbonyl (C=O) groups excluding carboxylic acids is 4. The molecule has 0 fully saturated rings. The number of hydrogen-bond acceptors (Lipinski definition) is 7. The van der Waals surface area contributed by atoms with E-state index in [1.165, 1.54) is 30.0 Å². The van der Waals surface area contributed by atoms with E-state index in [0.717, 1.165) is 15.5 Å². The summed E-state index contributed by atoms with van der Waals surface area (Å²) in [6.45, 7) is 1.39. The van der Waals surface area contributed by atoms with Crippen LogP contribution in [-0.4, -0.2) is 35.4 Å². The van der Waals surface area contributed by atoms with Crippen LogP contribution in [0, 0.1) is 0 Å². The summed E-state index contributed by atoms with van der Waals surface area (Å²) in [7, 11) is 0. The summed E-state index contributed by atoms with van der Waals surface area (Å²) in [5.74, 6) is -1.33. The SMILES string of the molecule is CC(=O)NCc1ccc(C(=O)COC(=O)C[C@H]2Sc3ccccc3NC2=O)s1. The molecule has 1 aromatic heterocycles. The summed E-state index contributed by atoms with van der Waals surface area (Å²) >= 11 is 2.54. The minimum Gasteiger partial charge on any atom is -0.457 e. The molecule has 7 nitrogen and oxygen atoms in total. The van der Waals surface area contributed by atoms with Crippen molar-refractivity contribution in [1.29, 1.82) is 0 Å². The Morgan fingerprint density at radius 2 is 1.96 bits per heavy atom. The molecule has 2 N–H and O–H groups in total. The largest absolute Gasteiger partial charge is 0.457 e. The highest BCUT2D eigenvalue weighted by Gasteiger charge is 2.29. The predicted molar refractivity (Wildman–Crippen MR) is 106 cm³/mol. The number of amides is 2. The molecule has 0 saturated carbocycles. The van der Waals surface area contributed by atoms with Crippen molar-refractivity contribution < 1.29 is 23.9 Å². The lowest BCUT2D eigenvalue weighted by atomic mass is 10.2. The Labute approximate surface area is 169 Å². The quantitative estimate of drug-likeness (QED) is 0.529. The van der Waals surface area contributed by atoms with E-state index >= 15 is 0 Å². The lowest BCUT2D eigenvalue weighted by molar-refractivity contribution is -0.143. The van der Waals surface area contributed by atoms with Crippen molar-refractivity contribution in [2.45, 2.75) is 30.0 Å². The van der Waals surface area contributed by atoms with E-state index in [4.69, 9.17) is 4.74 Å². The van der Waals surface area contributed by atoms with Crippen molar-refractivity contribution >= 4 is 52.4 Å². The number of benzene rings is 1. The third-order valence-electron chi connectivity index (χ3n) is 3.87. The monoisotopic (exact) mass is 418 g/mol. The maximum Gasteiger partial charge on any atom is 0.307 e. The first-order chi connectivity index (χ1) is 13.4. The number of ether oxygens (including phenoxy) is 1. The first-order valence-electron chi connectivity index (χ1n) is 8.51. The van der Waals surface area contributed by atoms with Crippen LogP contribution in [0.1, 0.15) is 27.9 Å². The molecule has 1 atom stereocenters. The van der Waals surface area contributed by atoms with E-state index in [1.54, 1.807) is 18.2 Å². The van der Waals surface area contributed by atoms with Crippen LogP contribution >= 0.6 is 23.1 Å². The van der Waals surface area contributed by atoms with Gasteiger partial charge < -0.3 is 15.4 Å². The van der Waals surface area contributed by atoms with Gasteiger partial charge in [-0.15, -0.1) is 23.1 Å². The molecule has 0 aliphatic carbocycles. The minimum absolute atomic E-state index is 0.115. The molecule has 0 radical (unpaired) electrons. The second-order valence-corrected chi connectivity index (χ2v) is 8.47. The third-order valence-corrected chi connectivity index (χ3v) is 6.27. The van der Waals surface area contributed by atoms with Crippen molar-refractivity contribution in [1.82, 2.24) is 5.32 Å². The molecule has 1 aliphatic rings. The maximum atomic E-state index is 12.2. The number of hydrogen-bond donors (Lipinski definition) is 2. The topological polar surface area (TPSA) is 102 Å². The predicted octanol–water partition coefficient (Wildman–Crippen LogP) is 2.61. The molecule has 1 aromatic carbocycles. The van der Waals surface area contributed by atoms with Crippen molar-refractivity contribution in [3.05, 3.63) is 46.2 Å². The van der Waals surface area contributed by atoms with Gasteiger partial charge in [-0.1, -0.05) is 12.1 Å². The van der Waals surface area contributed by atoms with Crippen LogP contribution < -0.4 is 10.6 Å². The normalized spacial score (nSPS) is 15.3. The van der Waals surface area contributed by atoms with Crippen LogP contribution in [0.5, 0.6) is 0 Å². The van der Waals surface area contributed by atoms with Crippen molar-refractivity contribution in [2.24, 2.45) is 0 Å². The standard InChI is InChI=1S/C19H18N2O5S2/c1-11(22)20-9-12-6-7-16(27-12)14(23)10-26-18(24)8-17-19(25)21-13-4-2-3-5-15(13)28-17/h2-7,17H,8-10H2,1H3,(H,20,22)(H,21,25)/t17-/m1/s1. The molecule has 0 saturated heterocycles. The van der Waals surface area contributed by atoms with E-state index in [-0.39, 0.29) is 30.6 Å². The van der Waals surface area contributed by atoms with Gasteiger partial charge in [0.05, 0.1) is 28.8 Å². The summed E-state index contributed by atoms with van der Waals surface area (Å²) in [6.07, 6.45) is -0.115. The number of rotatable bonds is 7. The highest BCUT2D eigenvalue weighted by Crippen LogP contribution is 2.36.